The molecule has 3 aliphatic rings. The summed E-state index contributed by atoms with van der Waals surface area (Å²) in [6.45, 7) is 18.1. The van der Waals surface area contributed by atoms with Crippen LogP contribution in [0.5, 0.6) is 0 Å². The van der Waals surface area contributed by atoms with E-state index < -0.39 is 29.9 Å². The molecule has 0 spiro atoms. The summed E-state index contributed by atoms with van der Waals surface area (Å²) < 4.78 is 25.4. The van der Waals surface area contributed by atoms with E-state index in [-0.39, 0.29) is 23.5 Å². The number of ketones is 1. The zero-order valence-electron chi connectivity index (χ0n) is 20.0. The van der Waals surface area contributed by atoms with Crippen LogP contribution < -0.4 is 0 Å². The van der Waals surface area contributed by atoms with E-state index in [4.69, 9.17) is 18.9 Å². The number of rotatable bonds is 9. The second kappa shape index (κ2) is 9.30. The van der Waals surface area contributed by atoms with Crippen molar-refractivity contribution < 1.29 is 23.7 Å². The van der Waals surface area contributed by atoms with Crippen LogP contribution in [0.4, 0.5) is 0 Å². The largest absolute Gasteiger partial charge is 0.364 e. The Labute approximate surface area is 197 Å². The molecule has 0 aromatic heterocycles. The predicted octanol–water partition coefficient (Wildman–Crippen LogP) is 5.37. The van der Waals surface area contributed by atoms with Gasteiger partial charge in [0.1, 0.15) is 11.7 Å². The molecule has 2 aliphatic heterocycles. The first kappa shape index (κ1) is 24.1. The van der Waals surface area contributed by atoms with Crippen molar-refractivity contribution in [1.29, 1.82) is 0 Å². The maximum absolute atomic E-state index is 14.1. The lowest BCUT2D eigenvalue weighted by Gasteiger charge is -2.39. The van der Waals surface area contributed by atoms with Gasteiger partial charge in [0.25, 0.3) is 0 Å². The van der Waals surface area contributed by atoms with Gasteiger partial charge in [0.15, 0.2) is 24.0 Å². The zero-order valence-corrected chi connectivity index (χ0v) is 20.0. The highest BCUT2D eigenvalue weighted by Gasteiger charge is 2.67. The average molecular weight is 453 g/mol. The Kier molecular flexibility index (Phi) is 6.79. The average Bonchev–Trinajstić information content (AvgIpc) is 3.42. The second-order valence-electron chi connectivity index (χ2n) is 10.2. The van der Waals surface area contributed by atoms with Crippen molar-refractivity contribution >= 4 is 5.78 Å². The van der Waals surface area contributed by atoms with Crippen molar-refractivity contribution in [2.45, 2.75) is 76.5 Å². The van der Waals surface area contributed by atoms with E-state index in [0.29, 0.717) is 13.0 Å². The molecule has 0 N–H and O–H groups in total. The fourth-order valence-corrected chi connectivity index (χ4v) is 5.62. The summed E-state index contributed by atoms with van der Waals surface area (Å²) in [5.41, 5.74) is 0.881. The van der Waals surface area contributed by atoms with Crippen LogP contribution in [0.15, 0.2) is 67.8 Å². The molecule has 178 valence electrons. The summed E-state index contributed by atoms with van der Waals surface area (Å²) in [4.78, 5) is 14.1. The molecule has 2 heterocycles. The predicted molar refractivity (Wildman–Crippen MR) is 127 cm³/mol. The van der Waals surface area contributed by atoms with Crippen LogP contribution in [0.1, 0.15) is 45.6 Å². The molecule has 5 nitrogen and oxygen atoms in total. The normalized spacial score (nSPS) is 36.9. The van der Waals surface area contributed by atoms with Gasteiger partial charge in [-0.25, -0.2) is 0 Å². The van der Waals surface area contributed by atoms with Crippen molar-refractivity contribution in [3.8, 4) is 0 Å². The van der Waals surface area contributed by atoms with E-state index in [0.717, 1.165) is 24.0 Å². The standard InChI is InChI=1S/C28H36O5/c1-7-19-14-21(8-2)22(15-19)23(29)24-28(16-18(3)4,30-17-20-12-10-9-11-13-20)25-26(31-24)33-27(5,6)32-25/h7-13,19,21-22,24-26H,1-3,14-17H2,4-6H3/t19-,21+,22-,24+,25-,26+,28+/m0/s1. The molecule has 0 radical (unpaired) electrons. The molecule has 1 aromatic rings. The van der Waals surface area contributed by atoms with Crippen LogP contribution in [0, 0.1) is 17.8 Å². The highest BCUT2D eigenvalue weighted by molar-refractivity contribution is 5.88. The number of carbonyl (C=O) groups excluding carboxylic acids is 1. The van der Waals surface area contributed by atoms with Gasteiger partial charge < -0.3 is 18.9 Å². The molecule has 33 heavy (non-hydrogen) atoms. The fraction of sp³-hybridized carbons (Fsp3) is 0.536. The maximum Gasteiger partial charge on any atom is 0.191 e. The molecular formula is C28H36O5. The van der Waals surface area contributed by atoms with E-state index in [1.165, 1.54) is 0 Å². The molecule has 4 rings (SSSR count). The lowest BCUT2D eigenvalue weighted by molar-refractivity contribution is -0.237. The van der Waals surface area contributed by atoms with Crippen molar-refractivity contribution in [3.63, 3.8) is 0 Å². The monoisotopic (exact) mass is 452 g/mol. The van der Waals surface area contributed by atoms with Gasteiger partial charge in [0, 0.05) is 12.3 Å². The van der Waals surface area contributed by atoms with Crippen LogP contribution in [-0.4, -0.2) is 35.7 Å². The van der Waals surface area contributed by atoms with Gasteiger partial charge in [-0.15, -0.1) is 19.7 Å². The van der Waals surface area contributed by atoms with Crippen LogP contribution >= 0.6 is 0 Å². The summed E-state index contributed by atoms with van der Waals surface area (Å²) in [6.07, 6.45) is 3.85. The van der Waals surface area contributed by atoms with Gasteiger partial charge >= 0.3 is 0 Å². The zero-order chi connectivity index (χ0) is 23.8. The number of carbonyl (C=O) groups is 1. The summed E-state index contributed by atoms with van der Waals surface area (Å²) in [7, 11) is 0. The Morgan fingerprint density at radius 2 is 1.88 bits per heavy atom. The highest BCUT2D eigenvalue weighted by Crippen LogP contribution is 2.50. The summed E-state index contributed by atoms with van der Waals surface area (Å²) in [5, 5.41) is 0. The van der Waals surface area contributed by atoms with Gasteiger partial charge in [0.05, 0.1) is 6.61 Å². The number of benzene rings is 1. The molecule has 7 atom stereocenters. The summed E-state index contributed by atoms with van der Waals surface area (Å²) in [5.74, 6) is -0.635. The van der Waals surface area contributed by atoms with Crippen LogP contribution in [0.3, 0.4) is 0 Å². The lowest BCUT2D eigenvalue weighted by Crippen LogP contribution is -2.55. The van der Waals surface area contributed by atoms with E-state index >= 15 is 0 Å². The minimum Gasteiger partial charge on any atom is -0.364 e. The smallest absolute Gasteiger partial charge is 0.191 e. The van der Waals surface area contributed by atoms with Gasteiger partial charge in [-0.2, -0.15) is 0 Å². The number of Topliss-reactive ketones (excluding diaryl/α,β-unsaturated/α-hetero) is 1. The van der Waals surface area contributed by atoms with Gasteiger partial charge in [-0.1, -0.05) is 48.1 Å². The van der Waals surface area contributed by atoms with E-state index in [9.17, 15) is 4.79 Å². The Morgan fingerprint density at radius 1 is 1.15 bits per heavy atom. The molecular weight excluding hydrogens is 416 g/mol. The Bertz CT molecular complexity index is 906. The lowest BCUT2D eigenvalue weighted by atomic mass is 9.78. The Morgan fingerprint density at radius 3 is 2.52 bits per heavy atom. The molecule has 0 unspecified atom stereocenters. The van der Waals surface area contributed by atoms with Gasteiger partial charge in [-0.05, 0) is 51.0 Å². The molecule has 5 heteroatoms. The third kappa shape index (κ3) is 4.65. The van der Waals surface area contributed by atoms with Crippen LogP contribution in [0.2, 0.25) is 0 Å². The Balaban J connectivity index is 1.70. The van der Waals surface area contributed by atoms with Crippen molar-refractivity contribution in [1.82, 2.24) is 0 Å². The minimum atomic E-state index is -1.03. The number of allylic oxidation sites excluding steroid dienone is 2. The minimum absolute atomic E-state index is 0.0259. The first-order chi connectivity index (χ1) is 15.7. The third-order valence-electron chi connectivity index (χ3n) is 7.09. The van der Waals surface area contributed by atoms with Crippen LogP contribution in [-0.2, 0) is 30.3 Å². The SMILES string of the molecule is C=C[C@H]1C[C@@H](C=C)[C@@H](C(=O)[C@H]2O[C@@H]3OC(C)(C)O[C@@H]3[C@]2(CC(=C)C)OCc2ccccc2)C1. The first-order valence-electron chi connectivity index (χ1n) is 11.8. The number of ether oxygens (including phenoxy) is 4. The fourth-order valence-electron chi connectivity index (χ4n) is 5.62. The van der Waals surface area contributed by atoms with E-state index in [1.807, 2.05) is 63.3 Å². The van der Waals surface area contributed by atoms with Crippen molar-refractivity contribution in [3.05, 3.63) is 73.4 Å². The van der Waals surface area contributed by atoms with E-state index in [1.54, 1.807) is 0 Å². The maximum atomic E-state index is 14.1. The van der Waals surface area contributed by atoms with E-state index in [2.05, 4.69) is 19.7 Å². The Hall–Kier alpha value is -2.05. The highest BCUT2D eigenvalue weighted by atomic mass is 16.8. The summed E-state index contributed by atoms with van der Waals surface area (Å²) >= 11 is 0. The van der Waals surface area contributed by atoms with Gasteiger partial charge in [0.2, 0.25) is 0 Å². The van der Waals surface area contributed by atoms with Crippen molar-refractivity contribution in [2.75, 3.05) is 0 Å². The number of hydrogen-bond acceptors (Lipinski definition) is 5. The molecule has 1 aliphatic carbocycles. The molecule has 0 bridgehead atoms. The molecule has 0 amide bonds. The third-order valence-corrected chi connectivity index (χ3v) is 7.09. The summed E-state index contributed by atoms with van der Waals surface area (Å²) in [6, 6.07) is 9.93. The van der Waals surface area contributed by atoms with Crippen molar-refractivity contribution in [2.24, 2.45) is 17.8 Å². The van der Waals surface area contributed by atoms with Gasteiger partial charge in [-0.3, -0.25) is 4.79 Å². The number of hydrogen-bond donors (Lipinski definition) is 0. The topological polar surface area (TPSA) is 54.0 Å². The van der Waals surface area contributed by atoms with Crippen LogP contribution in [0.25, 0.3) is 0 Å². The molecule has 1 saturated carbocycles. The second-order valence-corrected chi connectivity index (χ2v) is 10.2. The molecule has 2 saturated heterocycles. The first-order valence-corrected chi connectivity index (χ1v) is 11.8. The molecule has 1 aromatic carbocycles. The quantitative estimate of drug-likeness (QED) is 0.472. The molecule has 3 fully saturated rings. The number of fused-ring (bicyclic) bond motifs is 1.